The molecule has 0 saturated heterocycles. The Morgan fingerprint density at radius 2 is 2.29 bits per heavy atom. The zero-order chi connectivity index (χ0) is 12.8. The van der Waals surface area contributed by atoms with E-state index in [4.69, 9.17) is 10.00 Å². The molecule has 4 nitrogen and oxygen atoms in total. The standard InChI is InChI=1S/C12H13FN2O2/c1-3-17-12(16)8(2)15-11-5-9(7-14)4-10(13)6-11/h4-6,8,15H,3H2,1-2H3. The summed E-state index contributed by atoms with van der Waals surface area (Å²) in [7, 11) is 0. The van der Waals surface area contributed by atoms with Gasteiger partial charge in [-0.3, -0.25) is 0 Å². The predicted octanol–water partition coefficient (Wildman–Crippen LogP) is 2.06. The second kappa shape index (κ2) is 5.85. The molecule has 0 bridgehead atoms. The number of carbonyl (C=O) groups excluding carboxylic acids is 1. The van der Waals surface area contributed by atoms with Crippen LogP contribution in [0, 0.1) is 17.1 Å². The lowest BCUT2D eigenvalue weighted by Gasteiger charge is -2.14. The van der Waals surface area contributed by atoms with Gasteiger partial charge in [0, 0.05) is 5.69 Å². The van der Waals surface area contributed by atoms with Gasteiger partial charge in [-0.1, -0.05) is 0 Å². The van der Waals surface area contributed by atoms with Crippen LogP contribution in [0.15, 0.2) is 18.2 Å². The molecule has 1 aromatic rings. The Bertz CT molecular complexity index is 454. The first-order chi connectivity index (χ1) is 8.06. The van der Waals surface area contributed by atoms with Crippen molar-refractivity contribution >= 4 is 11.7 Å². The van der Waals surface area contributed by atoms with Crippen LogP contribution in [-0.2, 0) is 9.53 Å². The lowest BCUT2D eigenvalue weighted by atomic mass is 10.2. The molecule has 0 saturated carbocycles. The molecule has 0 aromatic heterocycles. The second-order valence-corrected chi connectivity index (χ2v) is 3.46. The zero-order valence-corrected chi connectivity index (χ0v) is 9.66. The Balaban J connectivity index is 2.78. The second-order valence-electron chi connectivity index (χ2n) is 3.46. The molecule has 0 aliphatic heterocycles. The summed E-state index contributed by atoms with van der Waals surface area (Å²) in [5.41, 5.74) is 0.575. The molecule has 17 heavy (non-hydrogen) atoms. The maximum Gasteiger partial charge on any atom is 0.328 e. The van der Waals surface area contributed by atoms with Gasteiger partial charge < -0.3 is 10.1 Å². The quantitative estimate of drug-likeness (QED) is 0.813. The molecule has 1 aromatic carbocycles. The van der Waals surface area contributed by atoms with Crippen LogP contribution >= 0.6 is 0 Å². The van der Waals surface area contributed by atoms with Crippen LogP contribution in [-0.4, -0.2) is 18.6 Å². The van der Waals surface area contributed by atoms with E-state index in [0.29, 0.717) is 5.69 Å². The summed E-state index contributed by atoms with van der Waals surface area (Å²) in [5.74, 6) is -0.946. The van der Waals surface area contributed by atoms with E-state index in [0.717, 1.165) is 6.07 Å². The minimum Gasteiger partial charge on any atom is -0.464 e. The van der Waals surface area contributed by atoms with Crippen molar-refractivity contribution in [3.63, 3.8) is 0 Å². The molecule has 0 aliphatic carbocycles. The van der Waals surface area contributed by atoms with Gasteiger partial charge in [0.25, 0.3) is 0 Å². The van der Waals surface area contributed by atoms with E-state index in [1.165, 1.54) is 12.1 Å². The van der Waals surface area contributed by atoms with Gasteiger partial charge in [0.2, 0.25) is 0 Å². The Hall–Kier alpha value is -2.09. The summed E-state index contributed by atoms with van der Waals surface area (Å²) in [6.45, 7) is 3.60. The van der Waals surface area contributed by atoms with Crippen molar-refractivity contribution in [2.45, 2.75) is 19.9 Å². The normalized spacial score (nSPS) is 11.4. The third kappa shape index (κ3) is 3.76. The van der Waals surface area contributed by atoms with Crippen molar-refractivity contribution in [3.8, 4) is 6.07 Å². The average Bonchev–Trinajstić information content (AvgIpc) is 2.28. The highest BCUT2D eigenvalue weighted by molar-refractivity contribution is 5.78. The predicted molar refractivity (Wildman–Crippen MR) is 60.8 cm³/mol. The van der Waals surface area contributed by atoms with E-state index in [-0.39, 0.29) is 12.2 Å². The first-order valence-electron chi connectivity index (χ1n) is 5.20. The summed E-state index contributed by atoms with van der Waals surface area (Å²) in [6, 6.07) is 5.06. The Morgan fingerprint density at radius 3 is 2.88 bits per heavy atom. The lowest BCUT2D eigenvalue weighted by Crippen LogP contribution is -2.28. The largest absolute Gasteiger partial charge is 0.464 e. The van der Waals surface area contributed by atoms with Crippen LogP contribution < -0.4 is 5.32 Å². The molecule has 0 radical (unpaired) electrons. The van der Waals surface area contributed by atoms with Crippen molar-refractivity contribution in [1.82, 2.24) is 0 Å². The number of halogens is 1. The van der Waals surface area contributed by atoms with E-state index < -0.39 is 17.8 Å². The third-order valence-electron chi connectivity index (χ3n) is 2.05. The van der Waals surface area contributed by atoms with Gasteiger partial charge >= 0.3 is 5.97 Å². The fourth-order valence-corrected chi connectivity index (χ4v) is 1.31. The molecule has 0 spiro atoms. The van der Waals surface area contributed by atoms with Gasteiger partial charge in [0.15, 0.2) is 0 Å². The lowest BCUT2D eigenvalue weighted by molar-refractivity contribution is -0.143. The minimum absolute atomic E-state index is 0.198. The molecular formula is C12H13FN2O2. The van der Waals surface area contributed by atoms with Gasteiger partial charge in [-0.2, -0.15) is 5.26 Å². The number of nitriles is 1. The monoisotopic (exact) mass is 236 g/mol. The number of carbonyl (C=O) groups is 1. The number of hydrogen-bond acceptors (Lipinski definition) is 4. The highest BCUT2D eigenvalue weighted by atomic mass is 19.1. The van der Waals surface area contributed by atoms with Gasteiger partial charge in [0.05, 0.1) is 18.2 Å². The highest BCUT2D eigenvalue weighted by Gasteiger charge is 2.13. The molecule has 1 unspecified atom stereocenters. The molecule has 0 fully saturated rings. The molecular weight excluding hydrogens is 223 g/mol. The topological polar surface area (TPSA) is 62.1 Å². The summed E-state index contributed by atoms with van der Waals surface area (Å²) >= 11 is 0. The van der Waals surface area contributed by atoms with Crippen molar-refractivity contribution < 1.29 is 13.9 Å². The molecule has 90 valence electrons. The van der Waals surface area contributed by atoms with Crippen LogP contribution in [0.1, 0.15) is 19.4 Å². The third-order valence-corrected chi connectivity index (χ3v) is 2.05. The van der Waals surface area contributed by atoms with Gasteiger partial charge in [0.1, 0.15) is 11.9 Å². The zero-order valence-electron chi connectivity index (χ0n) is 9.66. The molecule has 0 amide bonds. The number of hydrogen-bond donors (Lipinski definition) is 1. The number of benzene rings is 1. The summed E-state index contributed by atoms with van der Waals surface area (Å²) in [5, 5.41) is 11.5. The minimum atomic E-state index is -0.594. The van der Waals surface area contributed by atoms with Gasteiger partial charge in [-0.05, 0) is 32.0 Å². The van der Waals surface area contributed by atoms with Crippen LogP contribution in [0.25, 0.3) is 0 Å². The van der Waals surface area contributed by atoms with Gasteiger partial charge in [-0.15, -0.1) is 0 Å². The highest BCUT2D eigenvalue weighted by Crippen LogP contribution is 2.14. The summed E-state index contributed by atoms with van der Waals surface area (Å²) in [6.07, 6.45) is 0. The van der Waals surface area contributed by atoms with Gasteiger partial charge in [-0.25, -0.2) is 9.18 Å². The Kier molecular flexibility index (Phi) is 4.46. The first kappa shape index (κ1) is 13.0. The summed E-state index contributed by atoms with van der Waals surface area (Å²) < 4.78 is 17.9. The van der Waals surface area contributed by atoms with Crippen LogP contribution in [0.5, 0.6) is 0 Å². The number of esters is 1. The number of ether oxygens (including phenoxy) is 1. The number of nitrogens with one attached hydrogen (secondary N) is 1. The first-order valence-corrected chi connectivity index (χ1v) is 5.20. The number of rotatable bonds is 4. The van der Waals surface area contributed by atoms with E-state index in [1.807, 2.05) is 6.07 Å². The maximum absolute atomic E-state index is 13.1. The molecule has 0 aliphatic rings. The van der Waals surface area contributed by atoms with Crippen molar-refractivity contribution in [2.75, 3.05) is 11.9 Å². The van der Waals surface area contributed by atoms with Crippen LogP contribution in [0.3, 0.4) is 0 Å². The van der Waals surface area contributed by atoms with E-state index in [9.17, 15) is 9.18 Å². The van der Waals surface area contributed by atoms with E-state index >= 15 is 0 Å². The van der Waals surface area contributed by atoms with E-state index in [2.05, 4.69) is 5.32 Å². The fourth-order valence-electron chi connectivity index (χ4n) is 1.31. The van der Waals surface area contributed by atoms with Crippen molar-refractivity contribution in [2.24, 2.45) is 0 Å². The van der Waals surface area contributed by atoms with Crippen LogP contribution in [0.2, 0.25) is 0 Å². The molecule has 1 atom stereocenters. The number of anilines is 1. The smallest absolute Gasteiger partial charge is 0.328 e. The Morgan fingerprint density at radius 1 is 1.59 bits per heavy atom. The molecule has 1 rings (SSSR count). The molecule has 1 N–H and O–H groups in total. The van der Waals surface area contributed by atoms with E-state index in [1.54, 1.807) is 13.8 Å². The maximum atomic E-state index is 13.1. The SMILES string of the molecule is CCOC(=O)C(C)Nc1cc(F)cc(C#N)c1. The molecule has 0 heterocycles. The fraction of sp³-hybridized carbons (Fsp3) is 0.333. The molecule has 5 heteroatoms. The van der Waals surface area contributed by atoms with Crippen LogP contribution in [0.4, 0.5) is 10.1 Å². The summed E-state index contributed by atoms with van der Waals surface area (Å²) in [4.78, 5) is 11.3. The Labute approximate surface area is 99.0 Å². The van der Waals surface area contributed by atoms with Crippen molar-refractivity contribution in [1.29, 1.82) is 5.26 Å². The van der Waals surface area contributed by atoms with Crippen molar-refractivity contribution in [3.05, 3.63) is 29.6 Å². The average molecular weight is 236 g/mol. The number of nitrogens with zero attached hydrogens (tertiary/aromatic N) is 1.